The second-order valence-corrected chi connectivity index (χ2v) is 12.7. The van der Waals surface area contributed by atoms with Gasteiger partial charge < -0.3 is 19.7 Å². The fourth-order valence-electron chi connectivity index (χ4n) is 4.08. The largest absolute Gasteiger partial charge is 0.497 e. The summed E-state index contributed by atoms with van der Waals surface area (Å²) < 4.78 is 39.6. The lowest BCUT2D eigenvalue weighted by Gasteiger charge is -2.33. The number of halogens is 1. The molecule has 0 radical (unpaired) electrons. The average molecular weight is 602 g/mol. The van der Waals surface area contributed by atoms with E-state index in [1.54, 1.807) is 62.6 Å². The summed E-state index contributed by atoms with van der Waals surface area (Å²) in [5, 5.41) is 3.16. The van der Waals surface area contributed by atoms with Crippen LogP contribution in [0.3, 0.4) is 0 Å². The van der Waals surface area contributed by atoms with Crippen LogP contribution in [0.2, 0.25) is 5.02 Å². The van der Waals surface area contributed by atoms with Gasteiger partial charge in [-0.05, 0) is 75.7 Å². The van der Waals surface area contributed by atoms with Crippen molar-refractivity contribution in [1.29, 1.82) is 0 Å². The lowest BCUT2D eigenvalue weighted by Crippen LogP contribution is -2.54. The third kappa shape index (κ3) is 8.14. The lowest BCUT2D eigenvalue weighted by molar-refractivity contribution is -0.140. The van der Waals surface area contributed by atoms with Gasteiger partial charge in [-0.15, -0.1) is 0 Å². The first-order valence-corrected chi connectivity index (χ1v) is 14.7. The van der Waals surface area contributed by atoms with Gasteiger partial charge in [0, 0.05) is 17.1 Å². The Morgan fingerprint density at radius 3 is 2.15 bits per heavy atom. The highest BCUT2D eigenvalue weighted by Gasteiger charge is 2.34. The molecule has 9 nitrogen and oxygen atoms in total. The molecule has 0 saturated heterocycles. The maximum Gasteiger partial charge on any atom is 0.264 e. The fraction of sp³-hybridized carbons (Fsp3) is 0.333. The Labute approximate surface area is 247 Å². The standard InChI is InChI=1S/C30H36ClN3O6S/c1-21(29(36)32-30(2,3)4)33(19-22-12-15-24(39-5)16-13-22)28(35)20-34(26-18-23(31)14-17-27(26)40-6)41(37,38)25-10-8-7-9-11-25/h7-18,21H,19-20H2,1-6H3,(H,32,36)/t21-/m1/s1. The summed E-state index contributed by atoms with van der Waals surface area (Å²) in [5.74, 6) is -0.128. The molecule has 1 N–H and O–H groups in total. The molecule has 220 valence electrons. The first-order chi connectivity index (χ1) is 19.3. The minimum atomic E-state index is -4.26. The summed E-state index contributed by atoms with van der Waals surface area (Å²) in [6.07, 6.45) is 0. The zero-order chi connectivity index (χ0) is 30.4. The number of hydrogen-bond donors (Lipinski definition) is 1. The third-order valence-electron chi connectivity index (χ3n) is 6.20. The highest BCUT2D eigenvalue weighted by molar-refractivity contribution is 7.92. The van der Waals surface area contributed by atoms with Crippen molar-refractivity contribution < 1.29 is 27.5 Å². The summed E-state index contributed by atoms with van der Waals surface area (Å²) in [6, 6.07) is 18.4. The zero-order valence-electron chi connectivity index (χ0n) is 24.0. The molecule has 0 unspecified atom stereocenters. The predicted octanol–water partition coefficient (Wildman–Crippen LogP) is 4.88. The maximum absolute atomic E-state index is 14.1. The van der Waals surface area contributed by atoms with Crippen molar-refractivity contribution in [3.05, 3.63) is 83.4 Å². The molecule has 3 aromatic carbocycles. The molecule has 0 aliphatic carbocycles. The zero-order valence-corrected chi connectivity index (χ0v) is 25.6. The number of ether oxygens (including phenoxy) is 2. The predicted molar refractivity (Wildman–Crippen MR) is 160 cm³/mol. The molecule has 0 saturated carbocycles. The van der Waals surface area contributed by atoms with Gasteiger partial charge in [0.2, 0.25) is 11.8 Å². The second-order valence-electron chi connectivity index (χ2n) is 10.4. The normalized spacial score (nSPS) is 12.3. The van der Waals surface area contributed by atoms with Crippen LogP contribution in [0.1, 0.15) is 33.3 Å². The van der Waals surface area contributed by atoms with Gasteiger partial charge in [-0.2, -0.15) is 0 Å². The van der Waals surface area contributed by atoms with Gasteiger partial charge in [0.25, 0.3) is 10.0 Å². The molecule has 1 atom stereocenters. The maximum atomic E-state index is 14.1. The van der Waals surface area contributed by atoms with Gasteiger partial charge in [0.1, 0.15) is 24.1 Å². The van der Waals surface area contributed by atoms with E-state index in [-0.39, 0.29) is 33.8 Å². The van der Waals surface area contributed by atoms with Crippen molar-refractivity contribution in [2.45, 2.75) is 50.7 Å². The van der Waals surface area contributed by atoms with Crippen LogP contribution in [0.25, 0.3) is 0 Å². The van der Waals surface area contributed by atoms with Crippen LogP contribution in [0, 0.1) is 0 Å². The fourth-order valence-corrected chi connectivity index (χ4v) is 5.68. The van der Waals surface area contributed by atoms with E-state index in [2.05, 4.69) is 5.32 Å². The SMILES string of the molecule is COc1ccc(CN(C(=O)CN(c2cc(Cl)ccc2OC)S(=O)(=O)c2ccccc2)[C@H](C)C(=O)NC(C)(C)C)cc1. The molecule has 0 fully saturated rings. The number of benzene rings is 3. The summed E-state index contributed by atoms with van der Waals surface area (Å²) in [7, 11) is -1.31. The quantitative estimate of drug-likeness (QED) is 0.336. The number of amides is 2. The number of nitrogens with zero attached hydrogens (tertiary/aromatic N) is 2. The highest BCUT2D eigenvalue weighted by atomic mass is 35.5. The van der Waals surface area contributed by atoms with E-state index in [1.165, 1.54) is 36.3 Å². The lowest BCUT2D eigenvalue weighted by atomic mass is 10.1. The van der Waals surface area contributed by atoms with Gasteiger partial charge >= 0.3 is 0 Å². The Kier molecular flexibility index (Phi) is 10.3. The van der Waals surface area contributed by atoms with Crippen LogP contribution >= 0.6 is 11.6 Å². The van der Waals surface area contributed by atoms with E-state index in [4.69, 9.17) is 21.1 Å². The molecule has 0 bridgehead atoms. The molecule has 0 heterocycles. The Balaban J connectivity index is 2.09. The highest BCUT2D eigenvalue weighted by Crippen LogP contribution is 2.35. The summed E-state index contributed by atoms with van der Waals surface area (Å²) in [4.78, 5) is 28.6. The van der Waals surface area contributed by atoms with Crippen molar-refractivity contribution in [1.82, 2.24) is 10.2 Å². The molecule has 0 aromatic heterocycles. The minimum absolute atomic E-state index is 0.0185. The van der Waals surface area contributed by atoms with Crippen molar-refractivity contribution in [3.63, 3.8) is 0 Å². The number of rotatable bonds is 11. The molecule has 11 heteroatoms. The van der Waals surface area contributed by atoms with Gasteiger partial charge in [-0.3, -0.25) is 13.9 Å². The van der Waals surface area contributed by atoms with E-state index >= 15 is 0 Å². The molecule has 3 rings (SSSR count). The van der Waals surface area contributed by atoms with Crippen LogP contribution in [-0.4, -0.2) is 57.5 Å². The van der Waals surface area contributed by atoms with E-state index in [1.807, 2.05) is 20.8 Å². The molecule has 2 amide bonds. The van der Waals surface area contributed by atoms with E-state index < -0.39 is 34.1 Å². The topological polar surface area (TPSA) is 105 Å². The van der Waals surface area contributed by atoms with Crippen molar-refractivity contribution in [2.75, 3.05) is 25.1 Å². The number of anilines is 1. The Bertz CT molecular complexity index is 1460. The van der Waals surface area contributed by atoms with E-state index in [9.17, 15) is 18.0 Å². The average Bonchev–Trinajstić information content (AvgIpc) is 2.93. The molecular weight excluding hydrogens is 566 g/mol. The van der Waals surface area contributed by atoms with Crippen molar-refractivity contribution in [3.8, 4) is 11.5 Å². The van der Waals surface area contributed by atoms with Gasteiger partial charge in [-0.1, -0.05) is 41.9 Å². The molecule has 0 aliphatic heterocycles. The summed E-state index contributed by atoms with van der Waals surface area (Å²) in [5.41, 5.74) is 0.276. The molecule has 3 aromatic rings. The van der Waals surface area contributed by atoms with E-state index in [0.29, 0.717) is 5.75 Å². The van der Waals surface area contributed by atoms with Crippen molar-refractivity contribution in [2.24, 2.45) is 0 Å². The van der Waals surface area contributed by atoms with Crippen molar-refractivity contribution >= 4 is 39.1 Å². The van der Waals surface area contributed by atoms with Gasteiger partial charge in [0.15, 0.2) is 0 Å². The third-order valence-corrected chi connectivity index (χ3v) is 8.21. The van der Waals surface area contributed by atoms with Crippen LogP contribution < -0.4 is 19.1 Å². The number of hydrogen-bond acceptors (Lipinski definition) is 6. The number of carbonyl (C=O) groups excluding carboxylic acids is 2. The van der Waals surface area contributed by atoms with Crippen LogP contribution in [-0.2, 0) is 26.2 Å². The monoisotopic (exact) mass is 601 g/mol. The number of methoxy groups -OCH3 is 2. The number of nitrogens with one attached hydrogen (secondary N) is 1. The van der Waals surface area contributed by atoms with Crippen LogP contribution in [0.15, 0.2) is 77.7 Å². The smallest absolute Gasteiger partial charge is 0.264 e. The molecule has 41 heavy (non-hydrogen) atoms. The number of carbonyl (C=O) groups is 2. The number of sulfonamides is 1. The minimum Gasteiger partial charge on any atom is -0.497 e. The molecular formula is C30H36ClN3O6S. The summed E-state index contributed by atoms with van der Waals surface area (Å²) >= 11 is 6.26. The second kappa shape index (κ2) is 13.3. The Morgan fingerprint density at radius 1 is 0.951 bits per heavy atom. The van der Waals surface area contributed by atoms with E-state index in [0.717, 1.165) is 9.87 Å². The molecule has 0 aliphatic rings. The van der Waals surface area contributed by atoms with Crippen LogP contribution in [0.5, 0.6) is 11.5 Å². The van der Waals surface area contributed by atoms with Crippen LogP contribution in [0.4, 0.5) is 5.69 Å². The summed E-state index contributed by atoms with van der Waals surface area (Å²) in [6.45, 7) is 6.57. The van der Waals surface area contributed by atoms with Gasteiger partial charge in [-0.25, -0.2) is 8.42 Å². The van der Waals surface area contributed by atoms with Gasteiger partial charge in [0.05, 0.1) is 24.8 Å². The Hall–Kier alpha value is -3.76. The first-order valence-electron chi connectivity index (χ1n) is 12.9. The Morgan fingerprint density at radius 2 is 1.59 bits per heavy atom. The first kappa shape index (κ1) is 31.8. The molecule has 0 spiro atoms.